The van der Waals surface area contributed by atoms with Crippen molar-refractivity contribution in [3.05, 3.63) is 76.9 Å². The number of hydrogen-bond acceptors (Lipinski definition) is 5. The highest BCUT2D eigenvalue weighted by atomic mass is 32.1. The number of carbonyl (C=O) groups is 1. The van der Waals surface area contributed by atoms with Gasteiger partial charge >= 0.3 is 0 Å². The van der Waals surface area contributed by atoms with E-state index in [4.69, 9.17) is 0 Å². The highest BCUT2D eigenvalue weighted by Crippen LogP contribution is 2.28. The molecule has 0 bridgehead atoms. The Bertz CT molecular complexity index is 1060. The smallest absolute Gasteiger partial charge is 0.226 e. The second kappa shape index (κ2) is 8.75. The average Bonchev–Trinajstić information content (AvgIpc) is 3.28. The molecule has 3 heterocycles. The number of nitrogens with zero attached hydrogens (tertiary/aromatic N) is 4. The highest BCUT2D eigenvalue weighted by Gasteiger charge is 2.31. The van der Waals surface area contributed by atoms with Gasteiger partial charge in [-0.15, -0.1) is 0 Å². The molecular formula is C24H25FN4OS. The third-order valence-electron chi connectivity index (χ3n) is 6.29. The van der Waals surface area contributed by atoms with Crippen LogP contribution in [0.4, 0.5) is 9.52 Å². The molecule has 0 unspecified atom stereocenters. The van der Waals surface area contributed by atoms with Crippen LogP contribution in [-0.4, -0.2) is 39.8 Å². The molecule has 0 N–H and O–H groups in total. The fourth-order valence-electron chi connectivity index (χ4n) is 4.49. The third kappa shape index (κ3) is 4.46. The average molecular weight is 437 g/mol. The van der Waals surface area contributed by atoms with Crippen molar-refractivity contribution in [2.75, 3.05) is 24.5 Å². The molecule has 7 heteroatoms. The molecule has 0 saturated carbocycles. The molecule has 160 valence electrons. The zero-order chi connectivity index (χ0) is 21.2. The number of benzene rings is 2. The fourth-order valence-corrected chi connectivity index (χ4v) is 5.23. The Kier molecular flexibility index (Phi) is 5.68. The van der Waals surface area contributed by atoms with Crippen LogP contribution in [0.1, 0.15) is 35.4 Å². The second-order valence-corrected chi connectivity index (χ2v) is 9.07. The highest BCUT2D eigenvalue weighted by molar-refractivity contribution is 7.09. The number of halogens is 1. The summed E-state index contributed by atoms with van der Waals surface area (Å²) in [6, 6.07) is 14.9. The molecular weight excluding hydrogens is 411 g/mol. The lowest BCUT2D eigenvalue weighted by atomic mass is 9.93. The molecule has 0 atom stereocenters. The number of rotatable bonds is 4. The van der Waals surface area contributed by atoms with Crippen LogP contribution in [0, 0.1) is 11.7 Å². The van der Waals surface area contributed by atoms with Gasteiger partial charge in [0.2, 0.25) is 11.0 Å². The van der Waals surface area contributed by atoms with E-state index < -0.39 is 0 Å². The predicted octanol–water partition coefficient (Wildman–Crippen LogP) is 4.07. The molecule has 2 aliphatic heterocycles. The van der Waals surface area contributed by atoms with Crippen molar-refractivity contribution in [3.63, 3.8) is 0 Å². The number of amides is 1. The van der Waals surface area contributed by atoms with E-state index in [2.05, 4.69) is 38.5 Å². The minimum atomic E-state index is -0.234. The summed E-state index contributed by atoms with van der Waals surface area (Å²) in [5, 5.41) is 0.912. The lowest BCUT2D eigenvalue weighted by Crippen LogP contribution is -2.44. The number of aromatic nitrogens is 2. The zero-order valence-electron chi connectivity index (χ0n) is 17.3. The number of piperidine rings is 1. The predicted molar refractivity (Wildman–Crippen MR) is 120 cm³/mol. The molecule has 2 aliphatic rings. The van der Waals surface area contributed by atoms with E-state index in [1.807, 2.05) is 4.90 Å². The zero-order valence-corrected chi connectivity index (χ0v) is 18.2. The molecule has 5 nitrogen and oxygen atoms in total. The first kappa shape index (κ1) is 20.1. The number of fused-ring (bicyclic) bond motifs is 1. The van der Waals surface area contributed by atoms with Gasteiger partial charge in [-0.05, 0) is 48.1 Å². The first-order valence-electron chi connectivity index (χ1n) is 10.8. The van der Waals surface area contributed by atoms with Gasteiger partial charge < -0.3 is 9.80 Å². The third-order valence-corrected chi connectivity index (χ3v) is 7.10. The van der Waals surface area contributed by atoms with E-state index in [1.165, 1.54) is 34.8 Å². The van der Waals surface area contributed by atoms with Gasteiger partial charge in [-0.1, -0.05) is 36.4 Å². The van der Waals surface area contributed by atoms with Gasteiger partial charge in [0.25, 0.3) is 0 Å². The summed E-state index contributed by atoms with van der Waals surface area (Å²) in [6.45, 7) is 3.20. The second-order valence-electron chi connectivity index (χ2n) is 8.34. The minimum Gasteiger partial charge on any atom is -0.347 e. The summed E-state index contributed by atoms with van der Waals surface area (Å²) >= 11 is 1.40. The summed E-state index contributed by atoms with van der Waals surface area (Å²) in [5.41, 5.74) is 3.65. The van der Waals surface area contributed by atoms with E-state index in [-0.39, 0.29) is 11.7 Å². The molecule has 0 radical (unpaired) electrons. The monoisotopic (exact) mass is 436 g/mol. The summed E-state index contributed by atoms with van der Waals surface area (Å²) < 4.78 is 17.6. The SMILES string of the molecule is O=C(C1CCN(c2nc(Cc3ccc(F)cc3)ns2)CC1)N1CCc2ccccc2C1. The minimum absolute atomic E-state index is 0.0909. The van der Waals surface area contributed by atoms with Gasteiger partial charge in [0, 0.05) is 50.1 Å². The fraction of sp³-hybridized carbons (Fsp3) is 0.375. The molecule has 2 aromatic carbocycles. The Morgan fingerprint density at radius 2 is 1.77 bits per heavy atom. The van der Waals surface area contributed by atoms with Crippen molar-refractivity contribution in [3.8, 4) is 0 Å². The van der Waals surface area contributed by atoms with Crippen LogP contribution in [0.25, 0.3) is 0 Å². The normalized spacial score (nSPS) is 16.9. The Morgan fingerprint density at radius 1 is 1.03 bits per heavy atom. The summed E-state index contributed by atoms with van der Waals surface area (Å²) in [7, 11) is 0. The standard InChI is InChI=1S/C24H25FN4OS/c25-21-7-5-17(6-8-21)15-22-26-24(31-27-22)28-12-10-19(11-13-28)23(30)29-14-9-18-3-1-2-4-20(18)16-29/h1-8,19H,9-16H2. The van der Waals surface area contributed by atoms with Gasteiger partial charge in [0.15, 0.2) is 0 Å². The number of anilines is 1. The molecule has 1 amide bonds. The van der Waals surface area contributed by atoms with Crippen molar-refractivity contribution in [2.45, 2.75) is 32.2 Å². The van der Waals surface area contributed by atoms with Crippen LogP contribution in [0.15, 0.2) is 48.5 Å². The van der Waals surface area contributed by atoms with Gasteiger partial charge in [-0.2, -0.15) is 4.37 Å². The molecule has 0 spiro atoms. The Labute approximate surface area is 185 Å². The van der Waals surface area contributed by atoms with Crippen molar-refractivity contribution >= 4 is 22.6 Å². The van der Waals surface area contributed by atoms with Crippen LogP contribution in [0.3, 0.4) is 0 Å². The molecule has 1 saturated heterocycles. The van der Waals surface area contributed by atoms with Gasteiger partial charge in [0.05, 0.1) is 0 Å². The molecule has 0 aliphatic carbocycles. The Morgan fingerprint density at radius 3 is 2.55 bits per heavy atom. The van der Waals surface area contributed by atoms with E-state index in [9.17, 15) is 9.18 Å². The lowest BCUT2D eigenvalue weighted by Gasteiger charge is -2.36. The van der Waals surface area contributed by atoms with Crippen LogP contribution < -0.4 is 4.90 Å². The maximum Gasteiger partial charge on any atom is 0.226 e. The molecule has 3 aromatic rings. The quantitative estimate of drug-likeness (QED) is 0.619. The van der Waals surface area contributed by atoms with E-state index in [1.54, 1.807) is 12.1 Å². The maximum absolute atomic E-state index is 13.1. The molecule has 1 fully saturated rings. The first-order chi connectivity index (χ1) is 15.2. The van der Waals surface area contributed by atoms with Gasteiger partial charge in [0.1, 0.15) is 11.6 Å². The van der Waals surface area contributed by atoms with Crippen molar-refractivity contribution in [1.29, 1.82) is 0 Å². The van der Waals surface area contributed by atoms with E-state index in [0.717, 1.165) is 62.0 Å². The largest absolute Gasteiger partial charge is 0.347 e. The maximum atomic E-state index is 13.1. The summed E-state index contributed by atoms with van der Waals surface area (Å²) in [4.78, 5) is 22.0. The van der Waals surface area contributed by atoms with Crippen molar-refractivity contribution < 1.29 is 9.18 Å². The molecule has 31 heavy (non-hydrogen) atoms. The lowest BCUT2D eigenvalue weighted by molar-refractivity contribution is -0.137. The van der Waals surface area contributed by atoms with Gasteiger partial charge in [-0.3, -0.25) is 4.79 Å². The summed E-state index contributed by atoms with van der Waals surface area (Å²) in [5.74, 6) is 0.912. The molecule has 5 rings (SSSR count). The molecule has 1 aromatic heterocycles. The van der Waals surface area contributed by atoms with Gasteiger partial charge in [-0.25, -0.2) is 9.37 Å². The van der Waals surface area contributed by atoms with Crippen LogP contribution in [0.5, 0.6) is 0 Å². The van der Waals surface area contributed by atoms with Crippen LogP contribution in [0.2, 0.25) is 0 Å². The van der Waals surface area contributed by atoms with Crippen LogP contribution >= 0.6 is 11.5 Å². The van der Waals surface area contributed by atoms with Crippen molar-refractivity contribution in [1.82, 2.24) is 14.3 Å². The Hall–Kier alpha value is -2.80. The summed E-state index contributed by atoms with van der Waals surface area (Å²) in [6.07, 6.45) is 3.25. The first-order valence-corrected chi connectivity index (χ1v) is 11.6. The van der Waals surface area contributed by atoms with Crippen molar-refractivity contribution in [2.24, 2.45) is 5.92 Å². The van der Waals surface area contributed by atoms with E-state index >= 15 is 0 Å². The van der Waals surface area contributed by atoms with Crippen LogP contribution in [-0.2, 0) is 24.2 Å². The van der Waals surface area contributed by atoms with E-state index in [0.29, 0.717) is 12.3 Å². The number of hydrogen-bond donors (Lipinski definition) is 0. The number of carbonyl (C=O) groups excluding carboxylic acids is 1. The Balaban J connectivity index is 1.16. The topological polar surface area (TPSA) is 49.3 Å².